The molecule has 3 aromatic heterocycles. The van der Waals surface area contributed by atoms with Crippen LogP contribution in [0.15, 0.2) is 16.8 Å². The molecule has 0 bridgehead atoms. The first-order valence-corrected chi connectivity index (χ1v) is 8.26. The minimum absolute atomic E-state index is 0.0532. The van der Waals surface area contributed by atoms with Crippen LogP contribution in [0.25, 0.3) is 0 Å². The number of rotatable bonds is 6. The van der Waals surface area contributed by atoms with Crippen LogP contribution in [0.3, 0.4) is 0 Å². The van der Waals surface area contributed by atoms with Crippen LogP contribution < -0.4 is 0 Å². The van der Waals surface area contributed by atoms with Crippen molar-refractivity contribution in [1.29, 1.82) is 0 Å². The van der Waals surface area contributed by atoms with Gasteiger partial charge in [0.15, 0.2) is 5.69 Å². The number of nitrogens with zero attached hydrogens (tertiary/aromatic N) is 7. The van der Waals surface area contributed by atoms with Crippen LogP contribution in [0.5, 0.6) is 0 Å². The number of aromatic nitrogens is 6. The Balaban J connectivity index is 1.73. The first kappa shape index (κ1) is 19.8. The van der Waals surface area contributed by atoms with E-state index in [1.807, 2.05) is 0 Å². The molecule has 0 aliphatic carbocycles. The molecule has 0 aromatic carbocycles. The first-order valence-electron chi connectivity index (χ1n) is 7.89. The maximum Gasteiger partial charge on any atom is 0.436 e. The molecule has 3 aromatic rings. The molecule has 0 aliphatic rings. The average Bonchev–Trinajstić information content (AvgIpc) is 3.32. The van der Waals surface area contributed by atoms with Crippen LogP contribution >= 0.6 is 11.6 Å². The Morgan fingerprint density at radius 2 is 2.11 bits per heavy atom. The standard InChI is InChI=1S/C14H13ClF3N7O3/c1-7-11(15)12(14(16,17)18)22-24(7)8(2)13-21-20-10(28-13)3-4-23-6-9(5-19-23)25(26)27/h5-6,8H,3-4H2,1-2H3. The minimum Gasteiger partial charge on any atom is -0.423 e. The Morgan fingerprint density at radius 3 is 2.68 bits per heavy atom. The minimum atomic E-state index is -4.68. The molecule has 1 atom stereocenters. The van der Waals surface area contributed by atoms with E-state index in [4.69, 9.17) is 16.0 Å². The first-order chi connectivity index (χ1) is 13.1. The highest BCUT2D eigenvalue weighted by Gasteiger charge is 2.39. The fourth-order valence-electron chi connectivity index (χ4n) is 2.48. The van der Waals surface area contributed by atoms with E-state index in [1.165, 1.54) is 17.8 Å². The number of halogens is 4. The van der Waals surface area contributed by atoms with Crippen molar-refractivity contribution in [2.75, 3.05) is 0 Å². The quantitative estimate of drug-likeness (QED) is 0.444. The van der Waals surface area contributed by atoms with Crippen LogP contribution in [0, 0.1) is 17.0 Å². The van der Waals surface area contributed by atoms with Gasteiger partial charge in [0.25, 0.3) is 0 Å². The lowest BCUT2D eigenvalue weighted by Gasteiger charge is -2.09. The highest BCUT2D eigenvalue weighted by molar-refractivity contribution is 6.31. The molecular weight excluding hydrogens is 407 g/mol. The largest absolute Gasteiger partial charge is 0.436 e. The molecule has 10 nitrogen and oxygen atoms in total. The van der Waals surface area contributed by atoms with E-state index in [1.54, 1.807) is 6.92 Å². The summed E-state index contributed by atoms with van der Waals surface area (Å²) in [5.41, 5.74) is -1.21. The molecule has 0 radical (unpaired) electrons. The van der Waals surface area contributed by atoms with Crippen LogP contribution in [0.1, 0.15) is 36.1 Å². The average molecular weight is 420 g/mol. The molecule has 1 unspecified atom stereocenters. The van der Waals surface area contributed by atoms with E-state index in [0.717, 1.165) is 10.9 Å². The Bertz CT molecular complexity index is 1010. The smallest absolute Gasteiger partial charge is 0.423 e. The van der Waals surface area contributed by atoms with E-state index < -0.39 is 27.9 Å². The van der Waals surface area contributed by atoms with Gasteiger partial charge in [-0.3, -0.25) is 19.5 Å². The Hall–Kier alpha value is -2.96. The van der Waals surface area contributed by atoms with Crippen molar-refractivity contribution < 1.29 is 22.5 Å². The van der Waals surface area contributed by atoms with Crippen molar-refractivity contribution in [1.82, 2.24) is 29.8 Å². The molecule has 0 aliphatic heterocycles. The SMILES string of the molecule is Cc1c(Cl)c(C(F)(F)F)nn1C(C)c1nnc(CCn2cc([N+](=O)[O-])cn2)o1. The summed E-state index contributed by atoms with van der Waals surface area (Å²) < 4.78 is 46.8. The summed E-state index contributed by atoms with van der Waals surface area (Å²) in [7, 11) is 0. The van der Waals surface area contributed by atoms with Crippen LogP contribution in [0.2, 0.25) is 5.02 Å². The lowest BCUT2D eigenvalue weighted by Crippen LogP contribution is -2.13. The van der Waals surface area contributed by atoms with Gasteiger partial charge in [-0.25, -0.2) is 0 Å². The van der Waals surface area contributed by atoms with Gasteiger partial charge in [-0.1, -0.05) is 11.6 Å². The Morgan fingerprint density at radius 1 is 1.39 bits per heavy atom. The Kier molecular flexibility index (Phi) is 5.10. The molecule has 0 N–H and O–H groups in total. The zero-order chi connectivity index (χ0) is 20.6. The monoisotopic (exact) mass is 419 g/mol. The summed E-state index contributed by atoms with van der Waals surface area (Å²) in [6.45, 7) is 3.20. The predicted molar refractivity (Wildman–Crippen MR) is 87.7 cm³/mol. The maximum atomic E-state index is 13.0. The van der Waals surface area contributed by atoms with Gasteiger partial charge < -0.3 is 4.42 Å². The summed E-state index contributed by atoms with van der Waals surface area (Å²) in [6.07, 6.45) is -2.08. The highest BCUT2D eigenvalue weighted by atomic mass is 35.5. The molecule has 0 amide bonds. The van der Waals surface area contributed by atoms with Crippen LogP contribution in [-0.2, 0) is 19.1 Å². The van der Waals surface area contributed by atoms with E-state index >= 15 is 0 Å². The van der Waals surface area contributed by atoms with Gasteiger partial charge in [0.05, 0.1) is 15.6 Å². The van der Waals surface area contributed by atoms with E-state index in [-0.39, 0.29) is 36.1 Å². The van der Waals surface area contributed by atoms with E-state index in [2.05, 4.69) is 20.4 Å². The van der Waals surface area contributed by atoms with Crippen molar-refractivity contribution >= 4 is 17.3 Å². The third kappa shape index (κ3) is 3.83. The van der Waals surface area contributed by atoms with Crippen molar-refractivity contribution in [3.8, 4) is 0 Å². The number of hydrogen-bond acceptors (Lipinski definition) is 7. The molecule has 3 heterocycles. The third-order valence-corrected chi connectivity index (χ3v) is 4.39. The van der Waals surface area contributed by atoms with Gasteiger partial charge in [0.2, 0.25) is 11.8 Å². The van der Waals surface area contributed by atoms with Gasteiger partial charge in [-0.2, -0.15) is 23.4 Å². The summed E-state index contributed by atoms with van der Waals surface area (Å²) in [5, 5.41) is 25.2. The lowest BCUT2D eigenvalue weighted by atomic mass is 10.3. The molecule has 14 heteroatoms. The third-order valence-electron chi connectivity index (χ3n) is 3.94. The van der Waals surface area contributed by atoms with Gasteiger partial charge in [-0.05, 0) is 13.8 Å². The summed E-state index contributed by atoms with van der Waals surface area (Å²) in [4.78, 5) is 10.1. The highest BCUT2D eigenvalue weighted by Crippen LogP contribution is 2.36. The molecule has 150 valence electrons. The molecule has 0 saturated heterocycles. The van der Waals surface area contributed by atoms with Crippen molar-refractivity contribution in [2.45, 2.75) is 39.0 Å². The fraction of sp³-hybridized carbons (Fsp3) is 0.429. The molecule has 28 heavy (non-hydrogen) atoms. The summed E-state index contributed by atoms with van der Waals surface area (Å²) in [6, 6.07) is -0.777. The zero-order valence-electron chi connectivity index (χ0n) is 14.5. The normalized spacial score (nSPS) is 13.1. The van der Waals surface area contributed by atoms with Gasteiger partial charge in [-0.15, -0.1) is 10.2 Å². The number of aryl methyl sites for hydroxylation is 2. The molecule has 0 saturated carbocycles. The van der Waals surface area contributed by atoms with Crippen molar-refractivity contribution in [2.24, 2.45) is 0 Å². The van der Waals surface area contributed by atoms with Gasteiger partial charge in [0.1, 0.15) is 18.4 Å². The summed E-state index contributed by atoms with van der Waals surface area (Å²) in [5.74, 6) is 0.254. The predicted octanol–water partition coefficient (Wildman–Crippen LogP) is 3.20. The van der Waals surface area contributed by atoms with Crippen LogP contribution in [0.4, 0.5) is 18.9 Å². The van der Waals surface area contributed by atoms with Crippen molar-refractivity contribution in [3.63, 3.8) is 0 Å². The fourth-order valence-corrected chi connectivity index (χ4v) is 2.71. The summed E-state index contributed by atoms with van der Waals surface area (Å²) >= 11 is 5.75. The lowest BCUT2D eigenvalue weighted by molar-refractivity contribution is -0.385. The molecule has 0 spiro atoms. The number of hydrogen-bond donors (Lipinski definition) is 0. The van der Waals surface area contributed by atoms with E-state index in [0.29, 0.717) is 0 Å². The maximum absolute atomic E-state index is 13.0. The second kappa shape index (κ2) is 7.22. The van der Waals surface area contributed by atoms with Crippen LogP contribution in [-0.4, -0.2) is 34.7 Å². The molecule has 0 fully saturated rings. The molecule has 3 rings (SSSR count). The second-order valence-electron chi connectivity index (χ2n) is 5.87. The second-order valence-corrected chi connectivity index (χ2v) is 6.25. The zero-order valence-corrected chi connectivity index (χ0v) is 15.3. The van der Waals surface area contributed by atoms with Gasteiger partial charge in [0, 0.05) is 13.0 Å². The number of alkyl halides is 3. The topological polar surface area (TPSA) is 118 Å². The molecular formula is C14H13ClF3N7O3. The van der Waals surface area contributed by atoms with Gasteiger partial charge >= 0.3 is 11.9 Å². The van der Waals surface area contributed by atoms with Crippen molar-refractivity contribution in [3.05, 3.63) is 50.7 Å². The Labute approximate surface area is 160 Å². The number of nitro groups is 1. The van der Waals surface area contributed by atoms with E-state index in [9.17, 15) is 23.3 Å².